The van der Waals surface area contributed by atoms with Crippen LogP contribution >= 0.6 is 0 Å². The van der Waals surface area contributed by atoms with Crippen LogP contribution in [-0.2, 0) is 11.3 Å². The molecule has 0 saturated carbocycles. The zero-order valence-electron chi connectivity index (χ0n) is 13.1. The lowest BCUT2D eigenvalue weighted by atomic mass is 10.2. The molecule has 0 unspecified atom stereocenters. The minimum Gasteiger partial charge on any atom is -0.337 e. The van der Waals surface area contributed by atoms with Crippen LogP contribution in [0.3, 0.4) is 0 Å². The molecule has 0 bridgehead atoms. The van der Waals surface area contributed by atoms with Crippen molar-refractivity contribution in [3.8, 4) is 0 Å². The van der Waals surface area contributed by atoms with Gasteiger partial charge in [-0.1, -0.05) is 18.2 Å². The van der Waals surface area contributed by atoms with Gasteiger partial charge in [0.15, 0.2) is 0 Å². The summed E-state index contributed by atoms with van der Waals surface area (Å²) in [5.41, 5.74) is 1.94. The summed E-state index contributed by atoms with van der Waals surface area (Å²) < 4.78 is 14.6. The normalized spacial score (nSPS) is 11.1. The number of halogens is 1. The molecule has 1 N–H and O–H groups in total. The van der Waals surface area contributed by atoms with E-state index in [-0.39, 0.29) is 18.3 Å². The standard InChI is InChI=1S/C18H14FN3O3/c19-14-5-7-15(8-6-14)20-18(23)12-21-11-13(9-10-22(24)25)16-3-1-2-4-17(16)21/h1-11H,12H2,(H,20,23)/b10-9+. The highest BCUT2D eigenvalue weighted by molar-refractivity contribution is 5.94. The van der Waals surface area contributed by atoms with Gasteiger partial charge >= 0.3 is 0 Å². The Morgan fingerprint density at radius 2 is 1.92 bits per heavy atom. The number of aromatic nitrogens is 1. The van der Waals surface area contributed by atoms with Gasteiger partial charge in [-0.15, -0.1) is 0 Å². The number of carbonyl (C=O) groups excluding carboxylic acids is 1. The summed E-state index contributed by atoms with van der Waals surface area (Å²) in [5.74, 6) is -0.659. The van der Waals surface area contributed by atoms with Gasteiger partial charge in [0.1, 0.15) is 12.4 Å². The van der Waals surface area contributed by atoms with Crippen LogP contribution in [0.15, 0.2) is 60.9 Å². The summed E-state index contributed by atoms with van der Waals surface area (Å²) in [4.78, 5) is 22.2. The Morgan fingerprint density at radius 3 is 2.64 bits per heavy atom. The molecular weight excluding hydrogens is 325 g/mol. The largest absolute Gasteiger partial charge is 0.337 e. The van der Waals surface area contributed by atoms with E-state index in [1.807, 2.05) is 24.3 Å². The average Bonchev–Trinajstić information content (AvgIpc) is 2.93. The van der Waals surface area contributed by atoms with Crippen LogP contribution in [-0.4, -0.2) is 15.4 Å². The second-order valence-corrected chi connectivity index (χ2v) is 5.39. The number of hydrogen-bond acceptors (Lipinski definition) is 3. The maximum absolute atomic E-state index is 12.9. The Labute approximate surface area is 142 Å². The van der Waals surface area contributed by atoms with Gasteiger partial charge in [0.05, 0.1) is 4.92 Å². The molecule has 0 fully saturated rings. The van der Waals surface area contributed by atoms with Crippen LogP contribution in [0.5, 0.6) is 0 Å². The fraction of sp³-hybridized carbons (Fsp3) is 0.0556. The summed E-state index contributed by atoms with van der Waals surface area (Å²) in [6, 6.07) is 12.8. The summed E-state index contributed by atoms with van der Waals surface area (Å²) in [6.07, 6.45) is 3.95. The molecule has 0 saturated heterocycles. The van der Waals surface area contributed by atoms with Crippen molar-refractivity contribution >= 4 is 28.6 Å². The van der Waals surface area contributed by atoms with Crippen molar-refractivity contribution in [2.75, 3.05) is 5.32 Å². The molecule has 0 atom stereocenters. The lowest BCUT2D eigenvalue weighted by Gasteiger charge is -2.07. The van der Waals surface area contributed by atoms with Crippen molar-refractivity contribution in [2.45, 2.75) is 6.54 Å². The predicted molar refractivity (Wildman–Crippen MR) is 93.0 cm³/mol. The van der Waals surface area contributed by atoms with E-state index in [1.165, 1.54) is 30.3 Å². The predicted octanol–water partition coefficient (Wildman–Crippen LogP) is 3.67. The van der Waals surface area contributed by atoms with Crippen molar-refractivity contribution in [3.63, 3.8) is 0 Å². The van der Waals surface area contributed by atoms with Gasteiger partial charge in [0.25, 0.3) is 0 Å². The number of nitrogens with one attached hydrogen (secondary N) is 1. The molecule has 0 radical (unpaired) electrons. The summed E-state index contributed by atoms with van der Waals surface area (Å²) in [5, 5.41) is 14.0. The third-order valence-electron chi connectivity index (χ3n) is 3.64. The molecule has 1 amide bonds. The minimum atomic E-state index is -0.534. The van der Waals surface area contributed by atoms with E-state index in [4.69, 9.17) is 0 Å². The molecule has 1 heterocycles. The van der Waals surface area contributed by atoms with E-state index in [0.29, 0.717) is 11.3 Å². The van der Waals surface area contributed by atoms with E-state index >= 15 is 0 Å². The monoisotopic (exact) mass is 339 g/mol. The van der Waals surface area contributed by atoms with Crippen LogP contribution in [0, 0.1) is 15.9 Å². The average molecular weight is 339 g/mol. The molecule has 126 valence electrons. The van der Waals surface area contributed by atoms with Crippen molar-refractivity contribution in [3.05, 3.63) is 82.4 Å². The van der Waals surface area contributed by atoms with Crippen LogP contribution in [0.4, 0.5) is 10.1 Å². The second kappa shape index (κ2) is 6.96. The highest BCUT2D eigenvalue weighted by Gasteiger charge is 2.10. The molecular formula is C18H14FN3O3. The Kier molecular flexibility index (Phi) is 4.56. The number of benzene rings is 2. The van der Waals surface area contributed by atoms with Gasteiger partial charge in [-0.05, 0) is 30.3 Å². The van der Waals surface area contributed by atoms with Crippen molar-refractivity contribution < 1.29 is 14.1 Å². The molecule has 6 nitrogen and oxygen atoms in total. The lowest BCUT2D eigenvalue weighted by Crippen LogP contribution is -2.18. The Morgan fingerprint density at radius 1 is 1.20 bits per heavy atom. The molecule has 0 aliphatic rings. The van der Waals surface area contributed by atoms with Gasteiger partial charge in [-0.25, -0.2) is 4.39 Å². The second-order valence-electron chi connectivity index (χ2n) is 5.39. The first-order chi connectivity index (χ1) is 12.0. The molecule has 0 spiro atoms. The highest BCUT2D eigenvalue weighted by atomic mass is 19.1. The number of rotatable bonds is 5. The topological polar surface area (TPSA) is 77.2 Å². The third kappa shape index (κ3) is 3.89. The van der Waals surface area contributed by atoms with Gasteiger partial charge in [0, 0.05) is 34.4 Å². The van der Waals surface area contributed by atoms with Gasteiger partial charge < -0.3 is 9.88 Å². The lowest BCUT2D eigenvalue weighted by molar-refractivity contribution is -0.400. The Bertz CT molecular complexity index is 961. The first-order valence-electron chi connectivity index (χ1n) is 7.48. The van der Waals surface area contributed by atoms with Crippen molar-refractivity contribution in [2.24, 2.45) is 0 Å². The molecule has 25 heavy (non-hydrogen) atoms. The first-order valence-corrected chi connectivity index (χ1v) is 7.48. The smallest absolute Gasteiger partial charge is 0.244 e. The molecule has 0 aliphatic heterocycles. The Balaban J connectivity index is 1.84. The van der Waals surface area contributed by atoms with Crippen LogP contribution in [0.25, 0.3) is 17.0 Å². The van der Waals surface area contributed by atoms with Gasteiger partial charge in [0.2, 0.25) is 12.1 Å². The van der Waals surface area contributed by atoms with Crippen molar-refractivity contribution in [1.29, 1.82) is 0 Å². The molecule has 7 heteroatoms. The highest BCUT2D eigenvalue weighted by Crippen LogP contribution is 2.22. The quantitative estimate of drug-likeness (QED) is 0.569. The number of hydrogen-bond donors (Lipinski definition) is 1. The van der Waals surface area contributed by atoms with E-state index < -0.39 is 4.92 Å². The number of carbonyl (C=O) groups is 1. The van der Waals surface area contributed by atoms with Gasteiger partial charge in [-0.2, -0.15) is 0 Å². The van der Waals surface area contributed by atoms with Crippen molar-refractivity contribution in [1.82, 2.24) is 4.57 Å². The molecule has 3 aromatic rings. The minimum absolute atomic E-state index is 0.0319. The maximum atomic E-state index is 12.9. The van der Waals surface area contributed by atoms with Crippen LogP contribution in [0.1, 0.15) is 5.56 Å². The number of fused-ring (bicyclic) bond motifs is 1. The molecule has 1 aromatic heterocycles. The molecule has 2 aromatic carbocycles. The fourth-order valence-corrected chi connectivity index (χ4v) is 2.57. The number of amides is 1. The van der Waals surface area contributed by atoms with Crippen LogP contribution in [0.2, 0.25) is 0 Å². The zero-order valence-corrected chi connectivity index (χ0v) is 13.1. The summed E-state index contributed by atoms with van der Waals surface area (Å²) in [6.45, 7) is 0.0319. The first kappa shape index (κ1) is 16.4. The number of para-hydroxylation sites is 1. The zero-order chi connectivity index (χ0) is 17.8. The number of anilines is 1. The van der Waals surface area contributed by atoms with E-state index in [9.17, 15) is 19.3 Å². The summed E-state index contributed by atoms with van der Waals surface area (Å²) in [7, 11) is 0. The number of nitrogens with zero attached hydrogens (tertiary/aromatic N) is 2. The Hall–Kier alpha value is -3.48. The van der Waals surface area contributed by atoms with E-state index in [0.717, 1.165) is 17.1 Å². The third-order valence-corrected chi connectivity index (χ3v) is 3.64. The van der Waals surface area contributed by atoms with Gasteiger partial charge in [-0.3, -0.25) is 14.9 Å². The number of nitro groups is 1. The van der Waals surface area contributed by atoms with E-state index in [1.54, 1.807) is 10.8 Å². The maximum Gasteiger partial charge on any atom is 0.244 e. The molecule has 3 rings (SSSR count). The SMILES string of the molecule is O=C(Cn1cc(/C=C/[N+](=O)[O-])c2ccccc21)Nc1ccc(F)cc1. The van der Waals surface area contributed by atoms with E-state index in [2.05, 4.69) is 5.32 Å². The van der Waals surface area contributed by atoms with Crippen LogP contribution < -0.4 is 5.32 Å². The summed E-state index contributed by atoms with van der Waals surface area (Å²) >= 11 is 0. The molecule has 0 aliphatic carbocycles. The fourth-order valence-electron chi connectivity index (χ4n) is 2.57.